The lowest BCUT2D eigenvalue weighted by molar-refractivity contribution is -0.137. The van der Waals surface area contributed by atoms with E-state index in [4.69, 9.17) is 0 Å². The normalized spacial score (nSPS) is 17.4. The predicted octanol–water partition coefficient (Wildman–Crippen LogP) is 3.36. The number of carbonyl (C=O) groups is 1. The van der Waals surface area contributed by atoms with Crippen molar-refractivity contribution in [3.8, 4) is 0 Å². The standard InChI is InChI=1S/C17H15F3N2O/c18-17(19,20)13-6-3-7-14(9-13)22-16(23)15-8-11-4-1-2-5-12(11)10-21-15/h1-7,9,15,21H,8,10H2,(H,22,23)/t15-/m1/s1. The Morgan fingerprint density at radius 1 is 1.09 bits per heavy atom. The number of anilines is 1. The monoisotopic (exact) mass is 320 g/mol. The zero-order chi connectivity index (χ0) is 16.4. The largest absolute Gasteiger partial charge is 0.416 e. The van der Waals surface area contributed by atoms with Gasteiger partial charge in [0.15, 0.2) is 0 Å². The van der Waals surface area contributed by atoms with Crippen molar-refractivity contribution in [1.82, 2.24) is 5.32 Å². The molecule has 0 saturated heterocycles. The molecular formula is C17H15F3N2O. The second-order valence-corrected chi connectivity index (χ2v) is 5.47. The Labute approximate surface area is 131 Å². The van der Waals surface area contributed by atoms with Crippen molar-refractivity contribution in [3.63, 3.8) is 0 Å². The van der Waals surface area contributed by atoms with Gasteiger partial charge in [-0.3, -0.25) is 4.79 Å². The van der Waals surface area contributed by atoms with Gasteiger partial charge in [-0.05, 0) is 35.7 Å². The highest BCUT2D eigenvalue weighted by Gasteiger charge is 2.31. The lowest BCUT2D eigenvalue weighted by atomic mass is 9.95. The minimum absolute atomic E-state index is 0.144. The van der Waals surface area contributed by atoms with Crippen LogP contribution in [0.25, 0.3) is 0 Å². The second-order valence-electron chi connectivity index (χ2n) is 5.47. The molecule has 6 heteroatoms. The fourth-order valence-corrected chi connectivity index (χ4v) is 2.64. The number of alkyl halides is 3. The molecule has 0 aromatic heterocycles. The van der Waals surface area contributed by atoms with Crippen LogP contribution in [-0.4, -0.2) is 11.9 Å². The molecule has 0 aliphatic carbocycles. The number of benzene rings is 2. The number of hydrogen-bond acceptors (Lipinski definition) is 2. The van der Waals surface area contributed by atoms with Gasteiger partial charge in [0, 0.05) is 12.2 Å². The Hall–Kier alpha value is -2.34. The molecule has 0 saturated carbocycles. The molecule has 1 aliphatic heterocycles. The van der Waals surface area contributed by atoms with Crippen molar-refractivity contribution < 1.29 is 18.0 Å². The fourth-order valence-electron chi connectivity index (χ4n) is 2.64. The van der Waals surface area contributed by atoms with E-state index >= 15 is 0 Å². The molecule has 1 atom stereocenters. The van der Waals surface area contributed by atoms with Crippen molar-refractivity contribution in [1.29, 1.82) is 0 Å². The van der Waals surface area contributed by atoms with Gasteiger partial charge in [-0.1, -0.05) is 30.3 Å². The molecule has 23 heavy (non-hydrogen) atoms. The van der Waals surface area contributed by atoms with E-state index in [2.05, 4.69) is 10.6 Å². The smallest absolute Gasteiger partial charge is 0.325 e. The Bertz CT molecular complexity index is 728. The lowest BCUT2D eigenvalue weighted by Gasteiger charge is -2.25. The van der Waals surface area contributed by atoms with Crippen LogP contribution < -0.4 is 10.6 Å². The highest BCUT2D eigenvalue weighted by Crippen LogP contribution is 2.30. The van der Waals surface area contributed by atoms with E-state index < -0.39 is 17.8 Å². The van der Waals surface area contributed by atoms with Gasteiger partial charge < -0.3 is 10.6 Å². The summed E-state index contributed by atoms with van der Waals surface area (Å²) in [7, 11) is 0. The molecule has 1 amide bonds. The Balaban J connectivity index is 1.71. The van der Waals surface area contributed by atoms with E-state index in [-0.39, 0.29) is 11.6 Å². The summed E-state index contributed by atoms with van der Waals surface area (Å²) >= 11 is 0. The number of carbonyl (C=O) groups excluding carboxylic acids is 1. The summed E-state index contributed by atoms with van der Waals surface area (Å²) in [5.74, 6) is -0.334. The van der Waals surface area contributed by atoms with Crippen LogP contribution in [0.2, 0.25) is 0 Å². The molecule has 0 unspecified atom stereocenters. The number of amides is 1. The number of rotatable bonds is 2. The van der Waals surface area contributed by atoms with Crippen LogP contribution in [0.3, 0.4) is 0 Å². The fraction of sp³-hybridized carbons (Fsp3) is 0.235. The first kappa shape index (κ1) is 15.6. The molecule has 0 fully saturated rings. The highest BCUT2D eigenvalue weighted by atomic mass is 19.4. The maximum atomic E-state index is 12.7. The van der Waals surface area contributed by atoms with Crippen molar-refractivity contribution in [2.24, 2.45) is 0 Å². The van der Waals surface area contributed by atoms with Gasteiger partial charge >= 0.3 is 6.18 Å². The summed E-state index contributed by atoms with van der Waals surface area (Å²) < 4.78 is 38.1. The molecule has 0 bridgehead atoms. The third-order valence-electron chi connectivity index (χ3n) is 3.86. The topological polar surface area (TPSA) is 41.1 Å². The molecule has 3 rings (SSSR count). The van der Waals surface area contributed by atoms with Crippen molar-refractivity contribution >= 4 is 11.6 Å². The van der Waals surface area contributed by atoms with E-state index in [0.717, 1.165) is 23.3 Å². The maximum absolute atomic E-state index is 12.7. The predicted molar refractivity (Wildman–Crippen MR) is 80.8 cm³/mol. The minimum atomic E-state index is -4.43. The molecule has 3 nitrogen and oxygen atoms in total. The zero-order valence-corrected chi connectivity index (χ0v) is 12.2. The van der Waals surface area contributed by atoms with Gasteiger partial charge in [0.2, 0.25) is 5.91 Å². The summed E-state index contributed by atoms with van der Waals surface area (Å²) in [6.45, 7) is 0.566. The molecule has 120 valence electrons. The number of halogens is 3. The lowest BCUT2D eigenvalue weighted by Crippen LogP contribution is -2.44. The summed E-state index contributed by atoms with van der Waals surface area (Å²) in [6.07, 6.45) is -3.91. The van der Waals surface area contributed by atoms with Crippen LogP contribution in [0.4, 0.5) is 18.9 Å². The van der Waals surface area contributed by atoms with Crippen molar-refractivity contribution in [2.75, 3.05) is 5.32 Å². The Morgan fingerprint density at radius 2 is 1.83 bits per heavy atom. The zero-order valence-electron chi connectivity index (χ0n) is 12.2. The van der Waals surface area contributed by atoms with E-state index in [1.165, 1.54) is 12.1 Å². The van der Waals surface area contributed by atoms with E-state index in [1.807, 2.05) is 24.3 Å². The van der Waals surface area contributed by atoms with Gasteiger partial charge in [0.05, 0.1) is 11.6 Å². The van der Waals surface area contributed by atoms with Gasteiger partial charge in [-0.2, -0.15) is 13.2 Å². The summed E-state index contributed by atoms with van der Waals surface area (Å²) in [4.78, 5) is 12.3. The first-order valence-corrected chi connectivity index (χ1v) is 7.22. The van der Waals surface area contributed by atoms with Crippen molar-refractivity contribution in [2.45, 2.75) is 25.2 Å². The van der Waals surface area contributed by atoms with E-state index in [1.54, 1.807) is 0 Å². The van der Waals surface area contributed by atoms with Gasteiger partial charge in [-0.25, -0.2) is 0 Å². The SMILES string of the molecule is O=C(Nc1cccc(C(F)(F)F)c1)[C@H]1Cc2ccccc2CN1. The quantitative estimate of drug-likeness (QED) is 0.891. The molecule has 0 spiro atoms. The van der Waals surface area contributed by atoms with Gasteiger partial charge in [-0.15, -0.1) is 0 Å². The number of fused-ring (bicyclic) bond motifs is 1. The van der Waals surface area contributed by atoms with Crippen LogP contribution >= 0.6 is 0 Å². The number of nitrogens with one attached hydrogen (secondary N) is 2. The minimum Gasteiger partial charge on any atom is -0.325 e. The number of hydrogen-bond donors (Lipinski definition) is 2. The van der Waals surface area contributed by atoms with Crippen LogP contribution in [0.15, 0.2) is 48.5 Å². The van der Waals surface area contributed by atoms with E-state index in [0.29, 0.717) is 13.0 Å². The second kappa shape index (κ2) is 6.04. The maximum Gasteiger partial charge on any atom is 0.416 e. The van der Waals surface area contributed by atoms with Gasteiger partial charge in [0.1, 0.15) is 0 Å². The average molecular weight is 320 g/mol. The molecular weight excluding hydrogens is 305 g/mol. The summed E-state index contributed by atoms with van der Waals surface area (Å²) in [5, 5.41) is 5.66. The van der Waals surface area contributed by atoms with Crippen LogP contribution in [0.5, 0.6) is 0 Å². The van der Waals surface area contributed by atoms with Crippen LogP contribution in [0.1, 0.15) is 16.7 Å². The Morgan fingerprint density at radius 3 is 2.57 bits per heavy atom. The average Bonchev–Trinajstić information content (AvgIpc) is 2.54. The Kier molecular flexibility index (Phi) is 4.09. The van der Waals surface area contributed by atoms with Crippen LogP contribution in [0, 0.1) is 0 Å². The molecule has 2 aromatic carbocycles. The van der Waals surface area contributed by atoms with E-state index in [9.17, 15) is 18.0 Å². The first-order chi connectivity index (χ1) is 10.9. The first-order valence-electron chi connectivity index (χ1n) is 7.22. The van der Waals surface area contributed by atoms with Crippen LogP contribution in [-0.2, 0) is 23.9 Å². The third kappa shape index (κ3) is 3.53. The molecule has 2 aromatic rings. The molecule has 0 radical (unpaired) electrons. The van der Waals surface area contributed by atoms with Gasteiger partial charge in [0.25, 0.3) is 0 Å². The van der Waals surface area contributed by atoms with Crippen molar-refractivity contribution in [3.05, 3.63) is 65.2 Å². The molecule has 1 heterocycles. The molecule has 2 N–H and O–H groups in total. The molecule has 1 aliphatic rings. The summed E-state index contributed by atoms with van der Waals surface area (Å²) in [5.41, 5.74) is 1.58. The summed E-state index contributed by atoms with van der Waals surface area (Å²) in [6, 6.07) is 12.0. The highest BCUT2D eigenvalue weighted by molar-refractivity contribution is 5.95. The third-order valence-corrected chi connectivity index (χ3v) is 3.86.